The molecule has 0 aliphatic heterocycles. The Morgan fingerprint density at radius 1 is 1.11 bits per heavy atom. The first kappa shape index (κ1) is 11.9. The summed E-state index contributed by atoms with van der Waals surface area (Å²) in [4.78, 5) is 4.18. The summed E-state index contributed by atoms with van der Waals surface area (Å²) in [7, 11) is 2.04. The van der Waals surface area contributed by atoms with E-state index in [0.29, 0.717) is 0 Å². The lowest BCUT2D eigenvalue weighted by molar-refractivity contribution is -0.659. The molecule has 2 aromatic heterocycles. The normalized spacial score (nSPS) is 11.2. The maximum absolute atomic E-state index is 5.41. The standard InChI is InChI=1S/C16H17N2O/c1-10-5-11(2)12(3)13(6-10)15-7-16-14(8-18(15)4)17-9-19-16/h5-9H,1-4H3/q+1. The minimum atomic E-state index is 0.826. The van der Waals surface area contributed by atoms with Crippen LogP contribution in [0.15, 0.2) is 35.2 Å². The van der Waals surface area contributed by atoms with Gasteiger partial charge in [0.15, 0.2) is 23.7 Å². The van der Waals surface area contributed by atoms with Crippen molar-refractivity contribution in [3.05, 3.63) is 47.5 Å². The van der Waals surface area contributed by atoms with Crippen molar-refractivity contribution in [1.29, 1.82) is 0 Å². The molecular weight excluding hydrogens is 236 g/mol. The first-order chi connectivity index (χ1) is 9.06. The quantitative estimate of drug-likeness (QED) is 0.623. The smallest absolute Gasteiger partial charge is 0.216 e. The van der Waals surface area contributed by atoms with Crippen molar-refractivity contribution in [3.63, 3.8) is 0 Å². The van der Waals surface area contributed by atoms with Crippen LogP contribution in [0.5, 0.6) is 0 Å². The van der Waals surface area contributed by atoms with E-state index in [1.54, 1.807) is 0 Å². The van der Waals surface area contributed by atoms with Gasteiger partial charge < -0.3 is 4.42 Å². The number of benzene rings is 1. The molecule has 0 aliphatic rings. The molecule has 0 amide bonds. The Morgan fingerprint density at radius 2 is 1.89 bits per heavy atom. The molecule has 0 saturated carbocycles. The second-order valence-corrected chi connectivity index (χ2v) is 5.13. The summed E-state index contributed by atoms with van der Waals surface area (Å²) >= 11 is 0. The lowest BCUT2D eigenvalue weighted by atomic mass is 9.97. The number of pyridine rings is 1. The third kappa shape index (κ3) is 1.91. The second-order valence-electron chi connectivity index (χ2n) is 5.13. The molecule has 0 unspecified atom stereocenters. The van der Waals surface area contributed by atoms with E-state index in [2.05, 4.69) is 48.5 Å². The highest BCUT2D eigenvalue weighted by Crippen LogP contribution is 2.26. The molecule has 3 nitrogen and oxygen atoms in total. The molecule has 96 valence electrons. The molecule has 0 aliphatic carbocycles. The zero-order valence-electron chi connectivity index (χ0n) is 11.7. The fraction of sp³-hybridized carbons (Fsp3) is 0.250. The van der Waals surface area contributed by atoms with E-state index in [0.717, 1.165) is 16.8 Å². The third-order valence-electron chi connectivity index (χ3n) is 3.68. The highest BCUT2D eigenvalue weighted by molar-refractivity contribution is 5.76. The van der Waals surface area contributed by atoms with Gasteiger partial charge in [-0.15, -0.1) is 0 Å². The molecule has 1 aromatic carbocycles. The van der Waals surface area contributed by atoms with Gasteiger partial charge in [0.25, 0.3) is 0 Å². The van der Waals surface area contributed by atoms with Crippen molar-refractivity contribution < 1.29 is 8.98 Å². The Morgan fingerprint density at radius 3 is 2.68 bits per heavy atom. The highest BCUT2D eigenvalue weighted by atomic mass is 16.3. The van der Waals surface area contributed by atoms with E-state index in [-0.39, 0.29) is 0 Å². The first-order valence-corrected chi connectivity index (χ1v) is 6.37. The Hall–Kier alpha value is -2.16. The van der Waals surface area contributed by atoms with Crippen LogP contribution in [0.4, 0.5) is 0 Å². The van der Waals surface area contributed by atoms with E-state index >= 15 is 0 Å². The largest absolute Gasteiger partial charge is 0.443 e. The van der Waals surface area contributed by atoms with Crippen LogP contribution in [0, 0.1) is 20.8 Å². The molecule has 0 radical (unpaired) electrons. The van der Waals surface area contributed by atoms with Gasteiger partial charge in [0.2, 0.25) is 5.69 Å². The van der Waals surface area contributed by atoms with Crippen molar-refractivity contribution in [1.82, 2.24) is 4.98 Å². The molecule has 3 rings (SSSR count). The average Bonchev–Trinajstić information content (AvgIpc) is 2.80. The number of aryl methyl sites for hydroxylation is 3. The Bertz CT molecular complexity index is 772. The predicted molar refractivity (Wildman–Crippen MR) is 74.8 cm³/mol. The number of fused-ring (bicyclic) bond motifs is 1. The SMILES string of the molecule is Cc1cc(C)c(C)c(-c2cc3ocnc3c[n+]2C)c1. The van der Waals surface area contributed by atoms with Crippen molar-refractivity contribution >= 4 is 11.1 Å². The van der Waals surface area contributed by atoms with E-state index in [4.69, 9.17) is 4.42 Å². The summed E-state index contributed by atoms with van der Waals surface area (Å²) in [5, 5.41) is 0. The molecule has 0 bridgehead atoms. The average molecular weight is 253 g/mol. The Labute approximate surface area is 112 Å². The van der Waals surface area contributed by atoms with Gasteiger partial charge in [-0.1, -0.05) is 11.6 Å². The van der Waals surface area contributed by atoms with Crippen LogP contribution in [0.1, 0.15) is 16.7 Å². The van der Waals surface area contributed by atoms with Crippen LogP contribution in [0.3, 0.4) is 0 Å². The monoisotopic (exact) mass is 253 g/mol. The van der Waals surface area contributed by atoms with Gasteiger partial charge in [-0.25, -0.2) is 4.98 Å². The molecule has 2 heterocycles. The first-order valence-electron chi connectivity index (χ1n) is 6.37. The molecule has 0 N–H and O–H groups in total. The van der Waals surface area contributed by atoms with E-state index in [9.17, 15) is 0 Å². The van der Waals surface area contributed by atoms with Crippen LogP contribution < -0.4 is 4.57 Å². The summed E-state index contributed by atoms with van der Waals surface area (Å²) in [6.45, 7) is 6.44. The molecule has 3 aromatic rings. The minimum absolute atomic E-state index is 0.826. The van der Waals surface area contributed by atoms with Crippen molar-refractivity contribution in [3.8, 4) is 11.3 Å². The number of rotatable bonds is 1. The molecule has 0 fully saturated rings. The van der Waals surface area contributed by atoms with Crippen LogP contribution in [0.2, 0.25) is 0 Å². The highest BCUT2D eigenvalue weighted by Gasteiger charge is 2.17. The molecule has 0 spiro atoms. The van der Waals surface area contributed by atoms with Crippen molar-refractivity contribution in [2.45, 2.75) is 20.8 Å². The maximum atomic E-state index is 5.41. The minimum Gasteiger partial charge on any atom is -0.443 e. The zero-order chi connectivity index (χ0) is 13.6. The number of nitrogens with zero attached hydrogens (tertiary/aromatic N) is 2. The second kappa shape index (κ2) is 4.19. The lowest BCUT2D eigenvalue weighted by Crippen LogP contribution is -2.30. The molecule has 3 heteroatoms. The summed E-state index contributed by atoms with van der Waals surface area (Å²) in [6.07, 6.45) is 3.49. The van der Waals surface area contributed by atoms with Crippen molar-refractivity contribution in [2.75, 3.05) is 0 Å². The van der Waals surface area contributed by atoms with Gasteiger partial charge in [0, 0.05) is 5.56 Å². The summed E-state index contributed by atoms with van der Waals surface area (Å²) < 4.78 is 7.51. The number of aromatic nitrogens is 2. The van der Waals surface area contributed by atoms with E-state index in [1.807, 2.05) is 13.2 Å². The van der Waals surface area contributed by atoms with Crippen LogP contribution in [-0.4, -0.2) is 4.98 Å². The zero-order valence-corrected chi connectivity index (χ0v) is 11.7. The van der Waals surface area contributed by atoms with Crippen LogP contribution >= 0.6 is 0 Å². The Kier molecular flexibility index (Phi) is 2.63. The molecule has 0 atom stereocenters. The summed E-state index contributed by atoms with van der Waals surface area (Å²) in [5.74, 6) is 0. The van der Waals surface area contributed by atoms with E-state index < -0.39 is 0 Å². The lowest BCUT2D eigenvalue weighted by Gasteiger charge is -2.08. The van der Waals surface area contributed by atoms with Gasteiger partial charge in [-0.3, -0.25) is 0 Å². The van der Waals surface area contributed by atoms with Gasteiger partial charge in [-0.2, -0.15) is 4.57 Å². The number of hydrogen-bond donors (Lipinski definition) is 0. The summed E-state index contributed by atoms with van der Waals surface area (Å²) in [5.41, 5.74) is 8.00. The molecular formula is C16H17N2O+. The topological polar surface area (TPSA) is 29.9 Å². The van der Waals surface area contributed by atoms with Gasteiger partial charge in [0.1, 0.15) is 7.05 Å². The molecule has 19 heavy (non-hydrogen) atoms. The maximum Gasteiger partial charge on any atom is 0.216 e. The predicted octanol–water partition coefficient (Wildman–Crippen LogP) is 3.24. The van der Waals surface area contributed by atoms with Gasteiger partial charge in [-0.05, 0) is 38.0 Å². The Balaban J connectivity index is 2.32. The number of hydrogen-bond acceptors (Lipinski definition) is 2. The van der Waals surface area contributed by atoms with Gasteiger partial charge >= 0.3 is 0 Å². The fourth-order valence-electron chi connectivity index (χ4n) is 2.52. The summed E-state index contributed by atoms with van der Waals surface area (Å²) in [6, 6.07) is 6.50. The van der Waals surface area contributed by atoms with Crippen LogP contribution in [0.25, 0.3) is 22.4 Å². The van der Waals surface area contributed by atoms with Crippen LogP contribution in [-0.2, 0) is 7.05 Å². The third-order valence-corrected chi connectivity index (χ3v) is 3.68. The van der Waals surface area contributed by atoms with E-state index in [1.165, 1.54) is 28.6 Å². The molecule has 0 saturated heterocycles. The fourth-order valence-corrected chi connectivity index (χ4v) is 2.52. The van der Waals surface area contributed by atoms with Gasteiger partial charge in [0.05, 0.1) is 6.07 Å². The number of oxazole rings is 1. The van der Waals surface area contributed by atoms with Crippen molar-refractivity contribution in [2.24, 2.45) is 7.05 Å².